The van der Waals surface area contributed by atoms with Crippen molar-refractivity contribution in [2.45, 2.75) is 20.3 Å². The molecular formula is C21H19BrN2O5. The second kappa shape index (κ2) is 8.57. The summed E-state index contributed by atoms with van der Waals surface area (Å²) < 4.78 is 5.91. The molecule has 0 atom stereocenters. The Morgan fingerprint density at radius 3 is 2.24 bits per heavy atom. The summed E-state index contributed by atoms with van der Waals surface area (Å²) in [5, 5.41) is 2.70. The molecule has 1 heterocycles. The quantitative estimate of drug-likeness (QED) is 0.529. The summed E-state index contributed by atoms with van der Waals surface area (Å²) >= 11 is 3.43. The van der Waals surface area contributed by atoms with Crippen LogP contribution in [0.1, 0.15) is 38.3 Å². The number of esters is 1. The molecule has 1 aliphatic rings. The van der Waals surface area contributed by atoms with Gasteiger partial charge in [-0.1, -0.05) is 28.1 Å². The average molecular weight is 459 g/mol. The maximum Gasteiger partial charge on any atom is 0.308 e. The van der Waals surface area contributed by atoms with Gasteiger partial charge in [0.1, 0.15) is 0 Å². The van der Waals surface area contributed by atoms with Crippen molar-refractivity contribution in [2.24, 2.45) is 0 Å². The molecule has 0 radical (unpaired) electrons. The lowest BCUT2D eigenvalue weighted by Gasteiger charge is -2.14. The zero-order valence-electron chi connectivity index (χ0n) is 16.0. The molecule has 0 fully saturated rings. The Labute approximate surface area is 176 Å². The van der Waals surface area contributed by atoms with E-state index >= 15 is 0 Å². The summed E-state index contributed by atoms with van der Waals surface area (Å²) in [7, 11) is 0. The third-order valence-electron chi connectivity index (χ3n) is 4.78. The van der Waals surface area contributed by atoms with Crippen LogP contribution >= 0.6 is 15.9 Å². The molecule has 0 aliphatic carbocycles. The monoisotopic (exact) mass is 458 g/mol. The molecule has 7 nitrogen and oxygen atoms in total. The van der Waals surface area contributed by atoms with Gasteiger partial charge in [-0.15, -0.1) is 0 Å². The van der Waals surface area contributed by atoms with Crippen LogP contribution in [0.2, 0.25) is 0 Å². The molecule has 0 aromatic heterocycles. The van der Waals surface area contributed by atoms with Gasteiger partial charge in [-0.25, -0.2) is 0 Å². The number of anilines is 1. The predicted octanol–water partition coefficient (Wildman–Crippen LogP) is 3.23. The maximum atomic E-state index is 12.3. The van der Waals surface area contributed by atoms with Gasteiger partial charge in [0, 0.05) is 16.7 Å². The summed E-state index contributed by atoms with van der Waals surface area (Å²) in [5.74, 6) is -2.00. The predicted molar refractivity (Wildman–Crippen MR) is 110 cm³/mol. The lowest BCUT2D eigenvalue weighted by molar-refractivity contribution is -0.147. The van der Waals surface area contributed by atoms with Crippen molar-refractivity contribution in [3.05, 3.63) is 63.1 Å². The van der Waals surface area contributed by atoms with E-state index in [4.69, 9.17) is 4.74 Å². The third kappa shape index (κ3) is 4.37. The van der Waals surface area contributed by atoms with Crippen LogP contribution in [0, 0.1) is 13.8 Å². The molecule has 8 heteroatoms. The van der Waals surface area contributed by atoms with E-state index in [0.717, 1.165) is 20.5 Å². The summed E-state index contributed by atoms with van der Waals surface area (Å²) in [4.78, 5) is 49.5. The molecule has 0 saturated heterocycles. The Bertz CT molecular complexity index is 983. The molecule has 3 rings (SSSR count). The molecule has 1 aliphatic heterocycles. The van der Waals surface area contributed by atoms with Crippen LogP contribution < -0.4 is 5.32 Å². The van der Waals surface area contributed by atoms with Crippen LogP contribution in [0.3, 0.4) is 0 Å². The van der Waals surface area contributed by atoms with Crippen molar-refractivity contribution in [1.82, 2.24) is 4.90 Å². The van der Waals surface area contributed by atoms with Gasteiger partial charge >= 0.3 is 5.97 Å². The molecule has 2 aromatic carbocycles. The van der Waals surface area contributed by atoms with E-state index in [1.165, 1.54) is 0 Å². The molecule has 0 spiro atoms. The Kier molecular flexibility index (Phi) is 6.12. The molecule has 2 aromatic rings. The van der Waals surface area contributed by atoms with Gasteiger partial charge in [0.2, 0.25) is 0 Å². The van der Waals surface area contributed by atoms with Crippen molar-refractivity contribution >= 4 is 45.3 Å². The molecule has 150 valence electrons. The highest BCUT2D eigenvalue weighted by Crippen LogP contribution is 2.26. The number of halogens is 1. The fraction of sp³-hybridized carbons (Fsp3) is 0.238. The van der Waals surface area contributed by atoms with E-state index in [1.54, 1.807) is 30.3 Å². The lowest BCUT2D eigenvalue weighted by Crippen LogP contribution is -2.32. The topological polar surface area (TPSA) is 92.8 Å². The number of amides is 3. The summed E-state index contributed by atoms with van der Waals surface area (Å²) in [6.45, 7) is 3.26. The Hall–Kier alpha value is -3.00. The van der Waals surface area contributed by atoms with Gasteiger partial charge in [0.15, 0.2) is 6.61 Å². The first-order chi connectivity index (χ1) is 13.8. The van der Waals surface area contributed by atoms with Gasteiger partial charge in [0.25, 0.3) is 17.7 Å². The highest BCUT2D eigenvalue weighted by molar-refractivity contribution is 9.10. The second-order valence-corrected chi connectivity index (χ2v) is 7.47. The van der Waals surface area contributed by atoms with E-state index in [-0.39, 0.29) is 13.0 Å². The largest absolute Gasteiger partial charge is 0.456 e. The van der Waals surface area contributed by atoms with Crippen molar-refractivity contribution in [1.29, 1.82) is 0 Å². The first-order valence-electron chi connectivity index (χ1n) is 8.96. The van der Waals surface area contributed by atoms with E-state index < -0.39 is 30.3 Å². The van der Waals surface area contributed by atoms with Crippen molar-refractivity contribution in [3.8, 4) is 0 Å². The average Bonchev–Trinajstić information content (AvgIpc) is 2.96. The van der Waals surface area contributed by atoms with Crippen molar-refractivity contribution in [3.63, 3.8) is 0 Å². The number of nitrogens with zero attached hydrogens (tertiary/aromatic N) is 1. The first kappa shape index (κ1) is 20.7. The Balaban J connectivity index is 1.48. The molecule has 0 saturated carbocycles. The highest BCUT2D eigenvalue weighted by atomic mass is 79.9. The number of rotatable bonds is 6. The molecule has 3 amide bonds. The van der Waals surface area contributed by atoms with Crippen LogP contribution in [0.4, 0.5) is 5.69 Å². The number of benzene rings is 2. The van der Waals surface area contributed by atoms with Crippen LogP contribution in [-0.2, 0) is 14.3 Å². The maximum absolute atomic E-state index is 12.3. The van der Waals surface area contributed by atoms with E-state index in [9.17, 15) is 19.2 Å². The Morgan fingerprint density at radius 1 is 1.00 bits per heavy atom. The summed E-state index contributed by atoms with van der Waals surface area (Å²) in [6, 6.07) is 10.1. The zero-order chi connectivity index (χ0) is 21.1. The number of carbonyl (C=O) groups excluding carboxylic acids is 4. The SMILES string of the molecule is Cc1c(Br)ccc(NC(=O)COC(=O)CCN2C(=O)c3ccccc3C2=O)c1C. The van der Waals surface area contributed by atoms with E-state index in [1.807, 2.05) is 19.9 Å². The minimum Gasteiger partial charge on any atom is -0.456 e. The highest BCUT2D eigenvalue weighted by Gasteiger charge is 2.35. The number of ether oxygens (including phenoxy) is 1. The number of imide groups is 1. The minimum atomic E-state index is -0.666. The Morgan fingerprint density at radius 2 is 1.62 bits per heavy atom. The summed E-state index contributed by atoms with van der Waals surface area (Å²) in [5.41, 5.74) is 3.19. The van der Waals surface area contributed by atoms with Crippen LogP contribution in [-0.4, -0.2) is 41.7 Å². The van der Waals surface area contributed by atoms with Gasteiger partial charge in [-0.3, -0.25) is 24.1 Å². The van der Waals surface area contributed by atoms with Crippen LogP contribution in [0.5, 0.6) is 0 Å². The van der Waals surface area contributed by atoms with Gasteiger partial charge in [-0.05, 0) is 49.2 Å². The number of hydrogen-bond donors (Lipinski definition) is 1. The lowest BCUT2D eigenvalue weighted by atomic mass is 10.1. The molecule has 1 N–H and O–H groups in total. The number of hydrogen-bond acceptors (Lipinski definition) is 5. The second-order valence-electron chi connectivity index (χ2n) is 6.61. The van der Waals surface area contributed by atoms with Gasteiger partial charge in [-0.2, -0.15) is 0 Å². The van der Waals surface area contributed by atoms with Crippen LogP contribution in [0.25, 0.3) is 0 Å². The van der Waals surface area contributed by atoms with E-state index in [2.05, 4.69) is 21.2 Å². The molecule has 29 heavy (non-hydrogen) atoms. The zero-order valence-corrected chi connectivity index (χ0v) is 17.5. The van der Waals surface area contributed by atoms with Gasteiger partial charge < -0.3 is 10.1 Å². The van der Waals surface area contributed by atoms with Gasteiger partial charge in [0.05, 0.1) is 17.5 Å². The van der Waals surface area contributed by atoms with Crippen molar-refractivity contribution in [2.75, 3.05) is 18.5 Å². The third-order valence-corrected chi connectivity index (χ3v) is 5.64. The fourth-order valence-corrected chi connectivity index (χ4v) is 3.40. The van der Waals surface area contributed by atoms with Crippen LogP contribution in [0.15, 0.2) is 40.9 Å². The smallest absolute Gasteiger partial charge is 0.308 e. The fourth-order valence-electron chi connectivity index (χ4n) is 2.97. The normalized spacial score (nSPS) is 12.7. The molecule has 0 unspecified atom stereocenters. The van der Waals surface area contributed by atoms with E-state index in [0.29, 0.717) is 16.8 Å². The number of fused-ring (bicyclic) bond motifs is 1. The first-order valence-corrected chi connectivity index (χ1v) is 9.75. The van der Waals surface area contributed by atoms with Crippen molar-refractivity contribution < 1.29 is 23.9 Å². The minimum absolute atomic E-state index is 0.0994. The number of carbonyl (C=O) groups is 4. The molecular weight excluding hydrogens is 440 g/mol. The number of nitrogens with one attached hydrogen (secondary N) is 1. The standard InChI is InChI=1S/C21H19BrN2O5/c1-12-13(2)17(8-7-16(12)22)23-18(25)11-29-19(26)9-10-24-20(27)14-5-3-4-6-15(14)21(24)28/h3-8H,9-11H2,1-2H3,(H,23,25). The molecule has 0 bridgehead atoms. The summed E-state index contributed by atoms with van der Waals surface area (Å²) in [6.07, 6.45) is -0.185.